The van der Waals surface area contributed by atoms with Crippen molar-refractivity contribution in [1.82, 2.24) is 5.32 Å². The van der Waals surface area contributed by atoms with Gasteiger partial charge in [0.2, 0.25) is 0 Å². The maximum Gasteiger partial charge on any atom is 0.134 e. The van der Waals surface area contributed by atoms with Gasteiger partial charge in [-0.3, -0.25) is 0 Å². The summed E-state index contributed by atoms with van der Waals surface area (Å²) in [5.41, 5.74) is 1.06. The Labute approximate surface area is 123 Å². The van der Waals surface area contributed by atoms with E-state index in [1.807, 2.05) is 37.3 Å². The van der Waals surface area contributed by atoms with Crippen LogP contribution in [0.2, 0.25) is 0 Å². The van der Waals surface area contributed by atoms with Gasteiger partial charge < -0.3 is 10.1 Å². The van der Waals surface area contributed by atoms with Gasteiger partial charge in [0.25, 0.3) is 0 Å². The van der Waals surface area contributed by atoms with Crippen LogP contribution < -0.4 is 10.1 Å². The number of hydrogen-bond donors (Lipinski definition) is 1. The third-order valence-electron chi connectivity index (χ3n) is 3.74. The average Bonchev–Trinajstić information content (AvgIpc) is 2.50. The fourth-order valence-electron chi connectivity index (χ4n) is 2.57. The zero-order chi connectivity index (χ0) is 15.4. The lowest BCUT2D eigenvalue weighted by Gasteiger charge is -2.25. The predicted molar refractivity (Wildman–Crippen MR) is 79.6 cm³/mol. The smallest absolute Gasteiger partial charge is 0.134 e. The maximum absolute atomic E-state index is 14.3. The summed E-state index contributed by atoms with van der Waals surface area (Å²) in [6.07, 6.45) is 0. The lowest BCUT2D eigenvalue weighted by molar-refractivity contribution is 0.397. The molecule has 2 rings (SSSR count). The van der Waals surface area contributed by atoms with E-state index in [1.54, 1.807) is 7.05 Å². The highest BCUT2D eigenvalue weighted by atomic mass is 19.1. The molecular formula is C17H19F2NO. The zero-order valence-electron chi connectivity index (χ0n) is 12.4. The number of halogens is 2. The Morgan fingerprint density at radius 3 is 2.10 bits per heavy atom. The second-order valence-corrected chi connectivity index (χ2v) is 4.97. The van der Waals surface area contributed by atoms with E-state index in [-0.39, 0.29) is 17.2 Å². The van der Waals surface area contributed by atoms with Crippen LogP contribution in [0.25, 0.3) is 0 Å². The third-order valence-corrected chi connectivity index (χ3v) is 3.74. The quantitative estimate of drug-likeness (QED) is 0.897. The maximum atomic E-state index is 14.3. The molecular weight excluding hydrogens is 272 g/mol. The second-order valence-electron chi connectivity index (χ2n) is 4.97. The second kappa shape index (κ2) is 6.68. The number of methoxy groups -OCH3 is 1. The summed E-state index contributed by atoms with van der Waals surface area (Å²) < 4.78 is 33.4. The Kier molecular flexibility index (Phi) is 4.91. The molecule has 2 aromatic rings. The number of nitrogens with one attached hydrogen (secondary N) is 1. The Balaban J connectivity index is 2.42. The molecule has 21 heavy (non-hydrogen) atoms. The van der Waals surface area contributed by atoms with Crippen LogP contribution in [0, 0.1) is 11.6 Å². The fourth-order valence-corrected chi connectivity index (χ4v) is 2.57. The van der Waals surface area contributed by atoms with Crippen LogP contribution in [-0.4, -0.2) is 14.2 Å². The fraction of sp³-hybridized carbons (Fsp3) is 0.294. The Hall–Kier alpha value is -1.94. The van der Waals surface area contributed by atoms with Gasteiger partial charge in [0.15, 0.2) is 0 Å². The van der Waals surface area contributed by atoms with Gasteiger partial charge in [-0.25, -0.2) is 8.78 Å². The molecule has 2 nitrogen and oxygen atoms in total. The molecule has 0 amide bonds. The third kappa shape index (κ3) is 3.22. The van der Waals surface area contributed by atoms with E-state index in [0.29, 0.717) is 0 Å². The molecule has 0 spiro atoms. The molecule has 4 heteroatoms. The zero-order valence-corrected chi connectivity index (χ0v) is 12.4. The molecule has 0 saturated heterocycles. The topological polar surface area (TPSA) is 21.3 Å². The molecule has 0 aromatic heterocycles. The molecule has 0 radical (unpaired) electrons. The molecule has 1 N–H and O–H groups in total. The van der Waals surface area contributed by atoms with Gasteiger partial charge in [0.1, 0.15) is 17.4 Å². The summed E-state index contributed by atoms with van der Waals surface area (Å²) in [6.45, 7) is 1.94. The monoisotopic (exact) mass is 291 g/mol. The molecule has 2 unspecified atom stereocenters. The van der Waals surface area contributed by atoms with Crippen molar-refractivity contribution < 1.29 is 13.5 Å². The molecule has 0 fully saturated rings. The summed E-state index contributed by atoms with van der Waals surface area (Å²) in [7, 11) is 3.09. The van der Waals surface area contributed by atoms with E-state index in [9.17, 15) is 8.78 Å². The van der Waals surface area contributed by atoms with Crippen LogP contribution in [-0.2, 0) is 0 Å². The van der Waals surface area contributed by atoms with Gasteiger partial charge in [-0.15, -0.1) is 0 Å². The number of rotatable bonds is 5. The standard InChI is InChI=1S/C17H19F2NO/c1-11(12-7-5-4-6-8-12)17(20-2)16-14(18)9-13(21-3)10-15(16)19/h4-11,17,20H,1-3H3. The number of hydrogen-bond acceptors (Lipinski definition) is 2. The molecule has 0 bridgehead atoms. The van der Waals surface area contributed by atoms with Gasteiger partial charge in [-0.1, -0.05) is 37.3 Å². The molecule has 2 atom stereocenters. The summed E-state index contributed by atoms with van der Waals surface area (Å²) in [6, 6.07) is 11.6. The van der Waals surface area contributed by atoms with E-state index >= 15 is 0 Å². The van der Waals surface area contributed by atoms with Crippen molar-refractivity contribution >= 4 is 0 Å². The van der Waals surface area contributed by atoms with Gasteiger partial charge in [0, 0.05) is 29.7 Å². The van der Waals surface area contributed by atoms with Gasteiger partial charge in [-0.05, 0) is 12.6 Å². The van der Waals surface area contributed by atoms with Crippen molar-refractivity contribution in [2.45, 2.75) is 18.9 Å². The summed E-state index contributed by atoms with van der Waals surface area (Å²) >= 11 is 0. The highest BCUT2D eigenvalue weighted by Gasteiger charge is 2.26. The van der Waals surface area contributed by atoms with Crippen LogP contribution in [0.3, 0.4) is 0 Å². The first-order valence-corrected chi connectivity index (χ1v) is 6.83. The van der Waals surface area contributed by atoms with Crippen LogP contribution in [0.15, 0.2) is 42.5 Å². The SMILES string of the molecule is CNC(c1c(F)cc(OC)cc1F)C(C)c1ccccc1. The van der Waals surface area contributed by atoms with E-state index in [1.165, 1.54) is 19.2 Å². The minimum Gasteiger partial charge on any atom is -0.497 e. The van der Waals surface area contributed by atoms with Crippen molar-refractivity contribution in [1.29, 1.82) is 0 Å². The molecule has 0 heterocycles. The van der Waals surface area contributed by atoms with E-state index in [0.717, 1.165) is 5.56 Å². The summed E-state index contributed by atoms with van der Waals surface area (Å²) in [5, 5.41) is 3.01. The van der Waals surface area contributed by atoms with Gasteiger partial charge in [0.05, 0.1) is 7.11 Å². The largest absolute Gasteiger partial charge is 0.497 e. The number of ether oxygens (including phenoxy) is 1. The molecule has 0 aliphatic rings. The van der Waals surface area contributed by atoms with E-state index < -0.39 is 17.7 Å². The van der Waals surface area contributed by atoms with Gasteiger partial charge >= 0.3 is 0 Å². The first-order valence-electron chi connectivity index (χ1n) is 6.83. The minimum atomic E-state index is -0.603. The van der Waals surface area contributed by atoms with Crippen molar-refractivity contribution in [3.05, 3.63) is 65.2 Å². The Bertz CT molecular complexity index is 578. The first-order chi connectivity index (χ1) is 10.1. The molecule has 2 aromatic carbocycles. The van der Waals surface area contributed by atoms with Crippen molar-refractivity contribution in [2.75, 3.05) is 14.2 Å². The molecule has 112 valence electrons. The predicted octanol–water partition coefficient (Wildman–Crippen LogP) is 4.04. The first kappa shape index (κ1) is 15.4. The molecule has 0 aliphatic carbocycles. The van der Waals surface area contributed by atoms with E-state index in [4.69, 9.17) is 4.74 Å². The summed E-state index contributed by atoms with van der Waals surface area (Å²) in [4.78, 5) is 0. The number of benzene rings is 2. The van der Waals surface area contributed by atoms with Gasteiger partial charge in [-0.2, -0.15) is 0 Å². The Morgan fingerprint density at radius 2 is 1.62 bits per heavy atom. The van der Waals surface area contributed by atoms with Crippen molar-refractivity contribution in [3.63, 3.8) is 0 Å². The average molecular weight is 291 g/mol. The lowest BCUT2D eigenvalue weighted by atomic mass is 9.88. The molecule has 0 aliphatic heterocycles. The van der Waals surface area contributed by atoms with Crippen molar-refractivity contribution in [3.8, 4) is 5.75 Å². The Morgan fingerprint density at radius 1 is 1.05 bits per heavy atom. The van der Waals surface area contributed by atoms with Crippen molar-refractivity contribution in [2.24, 2.45) is 0 Å². The normalized spacial score (nSPS) is 13.8. The van der Waals surface area contributed by atoms with E-state index in [2.05, 4.69) is 5.32 Å². The van der Waals surface area contributed by atoms with Crippen LogP contribution in [0.5, 0.6) is 5.75 Å². The number of likely N-dealkylation sites (N-methyl/N-ethyl adjacent to an activating group) is 1. The highest BCUT2D eigenvalue weighted by molar-refractivity contribution is 5.35. The summed E-state index contributed by atoms with van der Waals surface area (Å²) in [5.74, 6) is -1.10. The minimum absolute atomic E-state index is 0.0367. The lowest BCUT2D eigenvalue weighted by Crippen LogP contribution is -2.24. The van der Waals surface area contributed by atoms with Crippen LogP contribution in [0.1, 0.15) is 30.0 Å². The van der Waals surface area contributed by atoms with Crippen LogP contribution >= 0.6 is 0 Å². The molecule has 0 saturated carbocycles. The van der Waals surface area contributed by atoms with Crippen LogP contribution in [0.4, 0.5) is 8.78 Å². The highest BCUT2D eigenvalue weighted by Crippen LogP contribution is 2.34.